The number of aliphatic hydroxyl groups excluding tert-OH is 1. The number of aliphatic hydroxyl groups is 1. The minimum atomic E-state index is -1.40. The van der Waals surface area contributed by atoms with Crippen molar-refractivity contribution in [3.05, 3.63) is 12.2 Å². The number of carboxylic acid groups (broad SMARTS) is 1. The summed E-state index contributed by atoms with van der Waals surface area (Å²) < 4.78 is 0. The van der Waals surface area contributed by atoms with E-state index in [0.717, 1.165) is 0 Å². The van der Waals surface area contributed by atoms with E-state index in [1.165, 1.54) is 6.92 Å². The average Bonchev–Trinajstić information content (AvgIpc) is 1.64. The molecule has 0 aliphatic carbocycles. The van der Waals surface area contributed by atoms with Crippen LogP contribution in [0.2, 0.25) is 0 Å². The van der Waals surface area contributed by atoms with Crippen molar-refractivity contribution in [2.24, 2.45) is 0 Å². The molecule has 1 atom stereocenters. The SMILES string of the molecule is C=C(C(=O)[O-])C(C)O.[Na+]. The Bertz CT molecular complexity index is 119. The molecule has 0 saturated heterocycles. The van der Waals surface area contributed by atoms with Crippen molar-refractivity contribution in [2.45, 2.75) is 13.0 Å². The van der Waals surface area contributed by atoms with Crippen LogP contribution in [0, 0.1) is 0 Å². The molecule has 0 aromatic rings. The molecule has 0 spiro atoms. The maximum absolute atomic E-state index is 9.77. The topological polar surface area (TPSA) is 60.4 Å². The molecule has 9 heavy (non-hydrogen) atoms. The van der Waals surface area contributed by atoms with Crippen molar-refractivity contribution in [1.82, 2.24) is 0 Å². The maximum atomic E-state index is 9.77. The van der Waals surface area contributed by atoms with Gasteiger partial charge in [0.1, 0.15) is 0 Å². The Hall–Kier alpha value is 0.170. The number of hydrogen-bond donors (Lipinski definition) is 1. The Morgan fingerprint density at radius 3 is 2.11 bits per heavy atom. The molecule has 0 heterocycles. The van der Waals surface area contributed by atoms with Crippen molar-refractivity contribution < 1.29 is 44.6 Å². The zero-order valence-electron chi connectivity index (χ0n) is 5.55. The van der Waals surface area contributed by atoms with Crippen molar-refractivity contribution >= 4 is 5.97 Å². The van der Waals surface area contributed by atoms with Crippen LogP contribution in [0.1, 0.15) is 6.92 Å². The smallest absolute Gasteiger partial charge is 0.545 e. The summed E-state index contributed by atoms with van der Waals surface area (Å²) in [7, 11) is 0. The summed E-state index contributed by atoms with van der Waals surface area (Å²) in [6, 6.07) is 0. The molecule has 0 rings (SSSR count). The molecule has 0 fully saturated rings. The van der Waals surface area contributed by atoms with Gasteiger partial charge in [0.25, 0.3) is 0 Å². The van der Waals surface area contributed by atoms with E-state index in [0.29, 0.717) is 0 Å². The van der Waals surface area contributed by atoms with Crippen LogP contribution in [-0.2, 0) is 4.79 Å². The Morgan fingerprint density at radius 2 is 2.11 bits per heavy atom. The fourth-order valence-electron chi connectivity index (χ4n) is 0.171. The third-order valence-electron chi connectivity index (χ3n) is 0.766. The number of aliphatic carboxylic acids is 1. The third-order valence-corrected chi connectivity index (χ3v) is 0.766. The van der Waals surface area contributed by atoms with Crippen LogP contribution in [-0.4, -0.2) is 17.2 Å². The normalized spacial score (nSPS) is 11.3. The van der Waals surface area contributed by atoms with E-state index in [1.54, 1.807) is 0 Å². The fraction of sp³-hybridized carbons (Fsp3) is 0.400. The Morgan fingerprint density at radius 1 is 1.78 bits per heavy atom. The molecule has 46 valence electrons. The van der Waals surface area contributed by atoms with E-state index in [4.69, 9.17) is 5.11 Å². The third kappa shape index (κ3) is 4.66. The van der Waals surface area contributed by atoms with Gasteiger partial charge in [0.05, 0.1) is 12.1 Å². The molecule has 0 radical (unpaired) electrons. The summed E-state index contributed by atoms with van der Waals surface area (Å²) in [4.78, 5) is 9.77. The summed E-state index contributed by atoms with van der Waals surface area (Å²) in [5, 5.41) is 18.2. The van der Waals surface area contributed by atoms with Gasteiger partial charge in [-0.25, -0.2) is 0 Å². The fourth-order valence-corrected chi connectivity index (χ4v) is 0.171. The number of carbonyl (C=O) groups excluding carboxylic acids is 1. The number of rotatable bonds is 2. The largest absolute Gasteiger partial charge is 1.00 e. The molecule has 0 saturated carbocycles. The zero-order valence-corrected chi connectivity index (χ0v) is 7.55. The summed E-state index contributed by atoms with van der Waals surface area (Å²) in [6.07, 6.45) is -1.01. The minimum Gasteiger partial charge on any atom is -0.545 e. The first kappa shape index (κ1) is 11.9. The van der Waals surface area contributed by atoms with Crippen molar-refractivity contribution in [3.63, 3.8) is 0 Å². The second-order valence-corrected chi connectivity index (χ2v) is 1.49. The summed E-state index contributed by atoms with van der Waals surface area (Å²) >= 11 is 0. The summed E-state index contributed by atoms with van der Waals surface area (Å²) in [5.74, 6) is -1.40. The zero-order chi connectivity index (χ0) is 6.73. The quantitative estimate of drug-likeness (QED) is 0.310. The average molecular weight is 138 g/mol. The first-order valence-electron chi connectivity index (χ1n) is 2.14. The second kappa shape index (κ2) is 4.99. The van der Waals surface area contributed by atoms with Crippen molar-refractivity contribution in [3.8, 4) is 0 Å². The molecule has 4 heteroatoms. The van der Waals surface area contributed by atoms with Crippen molar-refractivity contribution in [2.75, 3.05) is 0 Å². The minimum absolute atomic E-state index is 0. The second-order valence-electron chi connectivity index (χ2n) is 1.49. The van der Waals surface area contributed by atoms with Crippen LogP contribution in [0.5, 0.6) is 0 Å². The Labute approximate surface area is 75.7 Å². The molecule has 0 amide bonds. The van der Waals surface area contributed by atoms with Crippen LogP contribution in [0.15, 0.2) is 12.2 Å². The van der Waals surface area contributed by atoms with Gasteiger partial charge in [-0.1, -0.05) is 6.58 Å². The van der Waals surface area contributed by atoms with E-state index in [2.05, 4.69) is 6.58 Å². The monoisotopic (exact) mass is 138 g/mol. The van der Waals surface area contributed by atoms with Gasteiger partial charge in [-0.15, -0.1) is 0 Å². The van der Waals surface area contributed by atoms with E-state index in [9.17, 15) is 9.90 Å². The molecule has 1 unspecified atom stereocenters. The van der Waals surface area contributed by atoms with Gasteiger partial charge in [0.15, 0.2) is 0 Å². The maximum Gasteiger partial charge on any atom is 1.00 e. The predicted molar refractivity (Wildman–Crippen MR) is 25.8 cm³/mol. The standard InChI is InChI=1S/C5H8O3.Na/c1-3(4(2)6)5(7)8;/h4,6H,1H2,2H3,(H,7,8);/q;+1/p-1. The first-order valence-corrected chi connectivity index (χ1v) is 2.14. The molecule has 3 nitrogen and oxygen atoms in total. The Balaban J connectivity index is 0. The van der Waals surface area contributed by atoms with Crippen molar-refractivity contribution in [1.29, 1.82) is 0 Å². The molecular formula is C5H7NaO3. The molecule has 0 aromatic carbocycles. The van der Waals surface area contributed by atoms with Crippen LogP contribution in [0.25, 0.3) is 0 Å². The van der Waals surface area contributed by atoms with Gasteiger partial charge in [-0.2, -0.15) is 0 Å². The first-order chi connectivity index (χ1) is 3.55. The molecule has 0 bridgehead atoms. The number of carbonyl (C=O) groups is 1. The van der Waals surface area contributed by atoms with Crippen LogP contribution < -0.4 is 34.7 Å². The van der Waals surface area contributed by atoms with Gasteiger partial charge >= 0.3 is 29.6 Å². The van der Waals surface area contributed by atoms with E-state index < -0.39 is 12.1 Å². The Kier molecular flexibility index (Phi) is 6.61. The molecule has 0 aliphatic heterocycles. The molecule has 1 N–H and O–H groups in total. The predicted octanol–water partition coefficient (Wildman–Crippen LogP) is -4.32. The number of hydrogen-bond acceptors (Lipinski definition) is 3. The van der Waals surface area contributed by atoms with Crippen LogP contribution >= 0.6 is 0 Å². The van der Waals surface area contributed by atoms with Gasteiger partial charge in [-0.05, 0) is 12.5 Å². The van der Waals surface area contributed by atoms with Gasteiger partial charge in [-0.3, -0.25) is 0 Å². The van der Waals surface area contributed by atoms with Gasteiger partial charge in [0, 0.05) is 0 Å². The van der Waals surface area contributed by atoms with Gasteiger partial charge in [0.2, 0.25) is 0 Å². The van der Waals surface area contributed by atoms with Crippen LogP contribution in [0.3, 0.4) is 0 Å². The summed E-state index contributed by atoms with van der Waals surface area (Å²) in [6.45, 7) is 4.36. The van der Waals surface area contributed by atoms with Crippen LogP contribution in [0.4, 0.5) is 0 Å². The molecule has 0 aliphatic rings. The summed E-state index contributed by atoms with van der Waals surface area (Å²) in [5.41, 5.74) is -0.287. The van der Waals surface area contributed by atoms with E-state index in [-0.39, 0.29) is 35.1 Å². The van der Waals surface area contributed by atoms with E-state index in [1.807, 2.05) is 0 Å². The number of carboxylic acids is 1. The van der Waals surface area contributed by atoms with Gasteiger partial charge < -0.3 is 15.0 Å². The molecular weight excluding hydrogens is 131 g/mol. The molecule has 0 aromatic heterocycles. The van der Waals surface area contributed by atoms with E-state index >= 15 is 0 Å².